The highest BCUT2D eigenvalue weighted by Crippen LogP contribution is 2.68. The van der Waals surface area contributed by atoms with E-state index in [1.54, 1.807) is 0 Å². The van der Waals surface area contributed by atoms with Gasteiger partial charge in [0.15, 0.2) is 0 Å². The first-order chi connectivity index (χ1) is 28.7. The summed E-state index contributed by atoms with van der Waals surface area (Å²) in [4.78, 5) is 1.50. The van der Waals surface area contributed by atoms with Crippen molar-refractivity contribution < 1.29 is 0 Å². The normalized spacial score (nSPS) is 17.9. The van der Waals surface area contributed by atoms with Gasteiger partial charge in [0.05, 0.1) is 10.8 Å². The smallest absolute Gasteiger partial charge is 0.0725 e. The van der Waals surface area contributed by atoms with Crippen molar-refractivity contribution in [2.75, 3.05) is 0 Å². The van der Waals surface area contributed by atoms with Crippen molar-refractivity contribution in [3.05, 3.63) is 255 Å². The zero-order valence-electron chi connectivity index (χ0n) is 32.1. The topological polar surface area (TPSA) is 0 Å². The number of thiophene rings is 1. The standard InChI is InChI=1S/C57H38S/c1-35-38(33-34-45-44-19-6-13-28-53(44)58-55(35)45)36-29-31-37(32-30-36)39-20-14-27-52-54(39)57(48-23-9-4-17-42(48)43-18-5-10-24-49(43)57)51-26-12-11-25-50(51)56(52)46-21-7-2-15-40(46)41-16-3-8-22-47(41)56/h2-35,38H,1H3. The summed E-state index contributed by atoms with van der Waals surface area (Å²) in [5, 5.41) is 1.38. The predicted molar refractivity (Wildman–Crippen MR) is 242 cm³/mol. The van der Waals surface area contributed by atoms with Gasteiger partial charge in [0, 0.05) is 21.4 Å². The summed E-state index contributed by atoms with van der Waals surface area (Å²) in [5.41, 5.74) is 20.6. The Morgan fingerprint density at radius 1 is 0.414 bits per heavy atom. The maximum absolute atomic E-state index is 2.46. The first-order valence-corrected chi connectivity index (χ1v) is 21.4. The van der Waals surface area contributed by atoms with Gasteiger partial charge in [0.1, 0.15) is 0 Å². The van der Waals surface area contributed by atoms with E-state index in [1.807, 2.05) is 11.3 Å². The molecular formula is C57H38S. The molecule has 4 aliphatic carbocycles. The van der Waals surface area contributed by atoms with Crippen LogP contribution in [0.15, 0.2) is 194 Å². The average Bonchev–Trinajstić information content (AvgIpc) is 3.92. The fraction of sp³-hybridized carbons (Fsp3) is 0.0877. The highest BCUT2D eigenvalue weighted by molar-refractivity contribution is 7.19. The molecule has 0 N–H and O–H groups in total. The Balaban J connectivity index is 1.09. The van der Waals surface area contributed by atoms with Crippen LogP contribution in [-0.4, -0.2) is 0 Å². The Bertz CT molecular complexity index is 3120. The molecular weight excluding hydrogens is 717 g/mol. The Morgan fingerprint density at radius 2 is 0.879 bits per heavy atom. The van der Waals surface area contributed by atoms with E-state index in [0.717, 1.165) is 0 Å². The fourth-order valence-electron chi connectivity index (χ4n) is 11.9. The number of hydrogen-bond acceptors (Lipinski definition) is 1. The molecule has 0 amide bonds. The minimum atomic E-state index is -0.524. The number of rotatable bonds is 2. The van der Waals surface area contributed by atoms with Crippen molar-refractivity contribution in [3.8, 4) is 33.4 Å². The van der Waals surface area contributed by atoms with Gasteiger partial charge in [-0.3, -0.25) is 0 Å². The van der Waals surface area contributed by atoms with Crippen LogP contribution in [0.25, 0.3) is 49.5 Å². The van der Waals surface area contributed by atoms with Crippen molar-refractivity contribution in [3.63, 3.8) is 0 Å². The molecule has 0 aliphatic heterocycles. The van der Waals surface area contributed by atoms with Gasteiger partial charge in [0.2, 0.25) is 0 Å². The number of allylic oxidation sites excluding steroid dienone is 1. The van der Waals surface area contributed by atoms with Gasteiger partial charge in [0.25, 0.3) is 0 Å². The monoisotopic (exact) mass is 754 g/mol. The maximum Gasteiger partial charge on any atom is 0.0725 e. The first kappa shape index (κ1) is 32.5. The van der Waals surface area contributed by atoms with Crippen LogP contribution in [0, 0.1) is 0 Å². The van der Waals surface area contributed by atoms with Crippen molar-refractivity contribution in [2.24, 2.45) is 0 Å². The van der Waals surface area contributed by atoms with Crippen LogP contribution in [-0.2, 0) is 10.8 Å². The van der Waals surface area contributed by atoms with Crippen molar-refractivity contribution in [2.45, 2.75) is 29.6 Å². The molecule has 0 bridgehead atoms. The largest absolute Gasteiger partial charge is 0.139 e. The molecule has 1 aromatic heterocycles. The van der Waals surface area contributed by atoms with E-state index in [0.29, 0.717) is 11.8 Å². The molecule has 1 heterocycles. The number of hydrogen-bond donors (Lipinski definition) is 0. The van der Waals surface area contributed by atoms with E-state index in [2.05, 4.69) is 207 Å². The Morgan fingerprint density at radius 3 is 1.48 bits per heavy atom. The molecule has 272 valence electrons. The molecule has 9 aromatic rings. The van der Waals surface area contributed by atoms with Crippen LogP contribution >= 0.6 is 11.3 Å². The molecule has 2 unspecified atom stereocenters. The van der Waals surface area contributed by atoms with Crippen LogP contribution in [0.3, 0.4) is 0 Å². The van der Waals surface area contributed by atoms with Gasteiger partial charge in [-0.25, -0.2) is 0 Å². The van der Waals surface area contributed by atoms with Gasteiger partial charge in [-0.2, -0.15) is 0 Å². The third kappa shape index (κ3) is 3.91. The lowest BCUT2D eigenvalue weighted by atomic mass is 9.51. The molecule has 1 heteroatoms. The summed E-state index contributed by atoms with van der Waals surface area (Å²) >= 11 is 1.96. The zero-order chi connectivity index (χ0) is 38.2. The maximum atomic E-state index is 2.46. The average molecular weight is 755 g/mol. The number of benzene rings is 8. The second-order valence-electron chi connectivity index (χ2n) is 16.6. The highest BCUT2D eigenvalue weighted by atomic mass is 32.1. The lowest BCUT2D eigenvalue weighted by Gasteiger charge is -2.49. The summed E-state index contributed by atoms with van der Waals surface area (Å²) in [6.07, 6.45) is 4.83. The zero-order valence-corrected chi connectivity index (χ0v) is 32.9. The molecule has 4 aliphatic rings. The predicted octanol–water partition coefficient (Wildman–Crippen LogP) is 14.5. The van der Waals surface area contributed by atoms with E-state index in [9.17, 15) is 0 Å². The Labute approximate surface area is 343 Å². The molecule has 58 heavy (non-hydrogen) atoms. The molecule has 0 radical (unpaired) electrons. The summed E-state index contributed by atoms with van der Waals surface area (Å²) in [6, 6.07) is 71.9. The van der Waals surface area contributed by atoms with E-state index >= 15 is 0 Å². The van der Waals surface area contributed by atoms with Gasteiger partial charge in [-0.05, 0) is 100 Å². The fourth-order valence-corrected chi connectivity index (χ4v) is 13.2. The minimum absolute atomic E-state index is 0.320. The van der Waals surface area contributed by atoms with E-state index in [-0.39, 0.29) is 0 Å². The summed E-state index contributed by atoms with van der Waals surface area (Å²) in [6.45, 7) is 2.41. The van der Waals surface area contributed by atoms with E-state index in [1.165, 1.54) is 104 Å². The minimum Gasteiger partial charge on any atom is -0.139 e. The molecule has 0 nitrogen and oxygen atoms in total. The van der Waals surface area contributed by atoms with Crippen LogP contribution in [0.5, 0.6) is 0 Å². The summed E-state index contributed by atoms with van der Waals surface area (Å²) in [7, 11) is 0. The van der Waals surface area contributed by atoms with E-state index in [4.69, 9.17) is 0 Å². The SMILES string of the molecule is CC1c2sc3ccccc3c2C=CC1c1ccc(-c2cccc3c2C2(c4ccccc4-c4ccccc42)c2ccccc2C32c3ccccc3-c3ccccc32)cc1. The Hall–Kier alpha value is -6.54. The van der Waals surface area contributed by atoms with Crippen LogP contribution in [0.1, 0.15) is 79.3 Å². The third-order valence-corrected chi connectivity index (χ3v) is 15.6. The van der Waals surface area contributed by atoms with E-state index < -0.39 is 10.8 Å². The van der Waals surface area contributed by atoms with Gasteiger partial charge in [-0.1, -0.05) is 201 Å². The molecule has 0 saturated carbocycles. The lowest BCUT2D eigenvalue weighted by molar-refractivity contribution is 0.634. The van der Waals surface area contributed by atoms with Gasteiger partial charge >= 0.3 is 0 Å². The van der Waals surface area contributed by atoms with Crippen molar-refractivity contribution in [1.29, 1.82) is 0 Å². The summed E-state index contributed by atoms with van der Waals surface area (Å²) in [5.74, 6) is 0.724. The van der Waals surface area contributed by atoms with Crippen LogP contribution in [0.4, 0.5) is 0 Å². The molecule has 0 saturated heterocycles. The Kier molecular flexibility index (Phi) is 6.60. The quantitative estimate of drug-likeness (QED) is 0.165. The first-order valence-electron chi connectivity index (χ1n) is 20.6. The molecule has 13 rings (SSSR count). The molecule has 8 aromatic carbocycles. The summed E-state index contributed by atoms with van der Waals surface area (Å²) < 4.78 is 1.38. The highest BCUT2D eigenvalue weighted by Gasteiger charge is 2.59. The van der Waals surface area contributed by atoms with Crippen LogP contribution < -0.4 is 0 Å². The molecule has 2 spiro atoms. The van der Waals surface area contributed by atoms with Crippen LogP contribution in [0.2, 0.25) is 0 Å². The van der Waals surface area contributed by atoms with Gasteiger partial charge < -0.3 is 0 Å². The second-order valence-corrected chi connectivity index (χ2v) is 17.7. The number of fused-ring (bicyclic) bond motifs is 19. The van der Waals surface area contributed by atoms with Crippen molar-refractivity contribution in [1.82, 2.24) is 0 Å². The van der Waals surface area contributed by atoms with Gasteiger partial charge in [-0.15, -0.1) is 11.3 Å². The molecule has 2 atom stereocenters. The second kappa shape index (κ2) is 11.8. The lowest BCUT2D eigenvalue weighted by Crippen LogP contribution is -2.44. The third-order valence-electron chi connectivity index (χ3n) is 14.2. The molecule has 0 fully saturated rings. The van der Waals surface area contributed by atoms with Crippen molar-refractivity contribution >= 4 is 27.5 Å².